The molecule has 2 heterocycles. The number of amides is 2. The Morgan fingerprint density at radius 2 is 1.78 bits per heavy atom. The van der Waals surface area contributed by atoms with Gasteiger partial charge in [-0.15, -0.1) is 0 Å². The topological polar surface area (TPSA) is 111 Å². The van der Waals surface area contributed by atoms with Gasteiger partial charge in [0.05, 0.1) is 18.2 Å². The predicted octanol–water partition coefficient (Wildman–Crippen LogP) is 6.33. The summed E-state index contributed by atoms with van der Waals surface area (Å²) in [5, 5.41) is 3.23. The van der Waals surface area contributed by atoms with Crippen molar-refractivity contribution in [2.75, 3.05) is 25.7 Å². The van der Waals surface area contributed by atoms with E-state index in [-0.39, 0.29) is 35.8 Å². The van der Waals surface area contributed by atoms with Crippen LogP contribution in [0, 0.1) is 12.7 Å². The maximum absolute atomic E-state index is 14.2. The number of aromatic nitrogens is 1. The van der Waals surface area contributed by atoms with Crippen LogP contribution in [-0.2, 0) is 9.53 Å². The normalized spacial score (nSPS) is 12.5. The summed E-state index contributed by atoms with van der Waals surface area (Å²) in [5.74, 6) is -0.580. The maximum Gasteiger partial charge on any atom is 0.343 e. The highest BCUT2D eigenvalue weighted by molar-refractivity contribution is 6.12. The molecule has 2 aromatic heterocycles. The van der Waals surface area contributed by atoms with Crippen LogP contribution < -0.4 is 15.0 Å². The second-order valence-electron chi connectivity index (χ2n) is 10.7. The zero-order valence-corrected chi connectivity index (χ0v) is 24.9. The molecule has 1 saturated carbocycles. The van der Waals surface area contributed by atoms with Crippen LogP contribution in [-0.4, -0.2) is 49.6 Å². The molecule has 5 aromatic rings. The molecular formula is C35H30FN3O6. The van der Waals surface area contributed by atoms with Crippen LogP contribution >= 0.6 is 0 Å². The van der Waals surface area contributed by atoms with Crippen molar-refractivity contribution in [3.8, 4) is 28.2 Å². The van der Waals surface area contributed by atoms with Crippen molar-refractivity contribution in [1.82, 2.24) is 10.3 Å². The highest BCUT2D eigenvalue weighted by Gasteiger charge is 2.36. The number of nitrogens with zero attached hydrogens (tertiary/aromatic N) is 2. The number of fused-ring (bicyclic) bond motifs is 1. The molecule has 0 radical (unpaired) electrons. The van der Waals surface area contributed by atoms with Gasteiger partial charge in [0.15, 0.2) is 6.61 Å². The third kappa shape index (κ3) is 5.86. The molecule has 3 aromatic carbocycles. The number of pyridine rings is 1. The highest BCUT2D eigenvalue weighted by Crippen LogP contribution is 2.39. The number of ether oxygens (including phenoxy) is 2. The van der Waals surface area contributed by atoms with Crippen molar-refractivity contribution in [3.63, 3.8) is 0 Å². The van der Waals surface area contributed by atoms with Crippen LogP contribution in [0.3, 0.4) is 0 Å². The van der Waals surface area contributed by atoms with Gasteiger partial charge in [0.2, 0.25) is 0 Å². The first kappa shape index (κ1) is 29.6. The molecule has 1 aliphatic carbocycles. The molecule has 10 heteroatoms. The summed E-state index contributed by atoms with van der Waals surface area (Å²) in [6, 6.07) is 20.0. The van der Waals surface area contributed by atoms with Gasteiger partial charge in [-0.2, -0.15) is 0 Å². The van der Waals surface area contributed by atoms with Crippen LogP contribution in [0.25, 0.3) is 33.4 Å². The van der Waals surface area contributed by atoms with Crippen molar-refractivity contribution in [2.45, 2.75) is 25.8 Å². The van der Waals surface area contributed by atoms with E-state index in [0.29, 0.717) is 33.7 Å². The Morgan fingerprint density at radius 3 is 2.44 bits per heavy atom. The van der Waals surface area contributed by atoms with Gasteiger partial charge in [0.1, 0.15) is 28.7 Å². The van der Waals surface area contributed by atoms with Gasteiger partial charge in [-0.3, -0.25) is 14.5 Å². The second-order valence-corrected chi connectivity index (χ2v) is 10.7. The number of hydrogen-bond acceptors (Lipinski definition) is 7. The van der Waals surface area contributed by atoms with Crippen LogP contribution in [0.4, 0.5) is 10.2 Å². The van der Waals surface area contributed by atoms with Crippen LogP contribution in [0.15, 0.2) is 83.4 Å². The number of rotatable bonds is 9. The smallest absolute Gasteiger partial charge is 0.343 e. The molecule has 0 spiro atoms. The average Bonchev–Trinajstić information content (AvgIpc) is 3.82. The Hall–Kier alpha value is -5.51. The maximum atomic E-state index is 14.2. The van der Waals surface area contributed by atoms with Crippen molar-refractivity contribution in [2.24, 2.45) is 0 Å². The van der Waals surface area contributed by atoms with E-state index in [1.54, 1.807) is 53.6 Å². The van der Waals surface area contributed by atoms with Gasteiger partial charge < -0.3 is 19.2 Å². The van der Waals surface area contributed by atoms with E-state index in [9.17, 15) is 18.8 Å². The molecule has 0 bridgehead atoms. The Kier molecular flexibility index (Phi) is 8.04. The SMILES string of the molecule is CNC(=O)c1c(-c2ccc(F)cc2)oc2ccc(-c3cc(C(=O)N(c4ccccn4)C4CC4)c(OCC(=O)OC)cc3C)cc12. The molecule has 6 rings (SSSR count). The minimum Gasteiger partial charge on any atom is -0.481 e. The number of nitrogens with one attached hydrogen (secondary N) is 1. The lowest BCUT2D eigenvalue weighted by Gasteiger charge is -2.23. The molecule has 45 heavy (non-hydrogen) atoms. The van der Waals surface area contributed by atoms with E-state index < -0.39 is 11.8 Å². The van der Waals surface area contributed by atoms with Crippen molar-refractivity contribution in [3.05, 3.63) is 102 Å². The number of carbonyl (C=O) groups is 3. The Morgan fingerprint density at radius 1 is 1.02 bits per heavy atom. The standard InChI is InChI=1S/C35H30FN3O6/c1-20-16-29(44-19-31(40)43-3)27(35(42)39(24-12-13-24)30-6-4-5-15-38-30)18-25(20)22-9-14-28-26(17-22)32(34(41)37-2)33(45-28)21-7-10-23(36)11-8-21/h4-11,14-18,24H,12-13,19H2,1-3H3,(H,37,41). The van der Waals surface area contributed by atoms with Gasteiger partial charge in [0.25, 0.3) is 11.8 Å². The van der Waals surface area contributed by atoms with Gasteiger partial charge in [-0.1, -0.05) is 12.1 Å². The lowest BCUT2D eigenvalue weighted by molar-refractivity contribution is -0.142. The number of hydrogen-bond donors (Lipinski definition) is 1. The summed E-state index contributed by atoms with van der Waals surface area (Å²) < 4.78 is 30.3. The summed E-state index contributed by atoms with van der Waals surface area (Å²) in [5.41, 5.74) is 3.80. The fourth-order valence-corrected chi connectivity index (χ4v) is 5.31. The van der Waals surface area contributed by atoms with Gasteiger partial charge in [0, 0.05) is 30.2 Å². The summed E-state index contributed by atoms with van der Waals surface area (Å²) in [4.78, 5) is 45.4. The number of furan rings is 1. The summed E-state index contributed by atoms with van der Waals surface area (Å²) >= 11 is 0. The van der Waals surface area contributed by atoms with Crippen LogP contribution in [0.1, 0.15) is 39.1 Å². The van der Waals surface area contributed by atoms with E-state index in [1.807, 2.05) is 25.1 Å². The van der Waals surface area contributed by atoms with Crippen molar-refractivity contribution >= 4 is 34.6 Å². The Balaban J connectivity index is 1.49. The first-order valence-corrected chi connectivity index (χ1v) is 14.4. The molecule has 0 atom stereocenters. The van der Waals surface area contributed by atoms with Gasteiger partial charge >= 0.3 is 5.97 Å². The number of methoxy groups -OCH3 is 1. The second kappa shape index (κ2) is 12.2. The lowest BCUT2D eigenvalue weighted by Crippen LogP contribution is -2.34. The number of benzene rings is 3. The molecule has 2 amide bonds. The minimum atomic E-state index is -0.581. The molecule has 0 aliphatic heterocycles. The predicted molar refractivity (Wildman–Crippen MR) is 167 cm³/mol. The first-order valence-electron chi connectivity index (χ1n) is 14.4. The summed E-state index contributed by atoms with van der Waals surface area (Å²) in [7, 11) is 2.80. The average molecular weight is 608 g/mol. The Bertz CT molecular complexity index is 1920. The van der Waals surface area contributed by atoms with E-state index in [0.717, 1.165) is 29.5 Å². The van der Waals surface area contributed by atoms with Crippen molar-refractivity contribution < 1.29 is 32.7 Å². The number of anilines is 1. The van der Waals surface area contributed by atoms with Crippen LogP contribution in [0.5, 0.6) is 5.75 Å². The molecule has 0 unspecified atom stereocenters. The molecule has 1 fully saturated rings. The van der Waals surface area contributed by atoms with Gasteiger partial charge in [-0.25, -0.2) is 14.2 Å². The van der Waals surface area contributed by atoms with E-state index in [1.165, 1.54) is 26.3 Å². The Labute approximate surface area is 258 Å². The number of carbonyl (C=O) groups excluding carboxylic acids is 3. The zero-order chi connectivity index (χ0) is 31.7. The highest BCUT2D eigenvalue weighted by atomic mass is 19.1. The molecular weight excluding hydrogens is 577 g/mol. The lowest BCUT2D eigenvalue weighted by atomic mass is 9.94. The molecule has 9 nitrogen and oxygen atoms in total. The van der Waals surface area contributed by atoms with E-state index >= 15 is 0 Å². The van der Waals surface area contributed by atoms with Crippen molar-refractivity contribution in [1.29, 1.82) is 0 Å². The van der Waals surface area contributed by atoms with E-state index in [4.69, 9.17) is 13.9 Å². The quantitative estimate of drug-likeness (QED) is 0.195. The first-order chi connectivity index (χ1) is 21.8. The molecule has 228 valence electrons. The third-order valence-corrected chi connectivity index (χ3v) is 7.72. The zero-order valence-electron chi connectivity index (χ0n) is 24.9. The molecule has 1 aliphatic rings. The number of aryl methyl sites for hydroxylation is 1. The molecule has 1 N–H and O–H groups in total. The third-order valence-electron chi connectivity index (χ3n) is 7.72. The largest absolute Gasteiger partial charge is 0.481 e. The number of halogens is 1. The fourth-order valence-electron chi connectivity index (χ4n) is 5.31. The summed E-state index contributed by atoms with van der Waals surface area (Å²) in [6.45, 7) is 1.50. The van der Waals surface area contributed by atoms with E-state index in [2.05, 4.69) is 10.3 Å². The minimum absolute atomic E-state index is 0.00659. The monoisotopic (exact) mass is 607 g/mol. The molecule has 0 saturated heterocycles. The van der Waals surface area contributed by atoms with Crippen LogP contribution in [0.2, 0.25) is 0 Å². The fraction of sp³-hybridized carbons (Fsp3) is 0.200. The summed E-state index contributed by atoms with van der Waals surface area (Å²) in [6.07, 6.45) is 3.32. The number of esters is 1. The van der Waals surface area contributed by atoms with Gasteiger partial charge in [-0.05, 0) is 97.1 Å².